The Labute approximate surface area is 162 Å². The smallest absolute Gasteiger partial charge is 0.416 e. The minimum absolute atomic E-state index is 0.0204. The summed E-state index contributed by atoms with van der Waals surface area (Å²) in [6, 6.07) is 10.2. The van der Waals surface area contributed by atoms with Gasteiger partial charge in [-0.25, -0.2) is 8.42 Å². The van der Waals surface area contributed by atoms with E-state index in [2.05, 4.69) is 4.72 Å². The van der Waals surface area contributed by atoms with Crippen LogP contribution < -0.4 is 9.46 Å². The first-order valence-corrected chi connectivity index (χ1v) is 10.6. The van der Waals surface area contributed by atoms with Gasteiger partial charge in [0, 0.05) is 0 Å². The molecule has 1 aliphatic rings. The summed E-state index contributed by atoms with van der Waals surface area (Å²) in [4.78, 5) is 0. The van der Waals surface area contributed by atoms with E-state index in [0.29, 0.717) is 12.8 Å². The molecule has 0 spiro atoms. The van der Waals surface area contributed by atoms with Gasteiger partial charge in [-0.05, 0) is 43.5 Å². The van der Waals surface area contributed by atoms with Crippen molar-refractivity contribution in [3.05, 3.63) is 59.2 Å². The Morgan fingerprint density at radius 1 is 1.07 bits per heavy atom. The van der Waals surface area contributed by atoms with E-state index in [4.69, 9.17) is 4.74 Å². The average molecular weight is 413 g/mol. The number of anilines is 1. The van der Waals surface area contributed by atoms with Gasteiger partial charge in [0.25, 0.3) is 0 Å². The number of halogens is 3. The van der Waals surface area contributed by atoms with Crippen molar-refractivity contribution in [1.29, 1.82) is 0 Å². The summed E-state index contributed by atoms with van der Waals surface area (Å²) in [6.07, 6.45) is -1.79. The highest BCUT2D eigenvalue weighted by atomic mass is 32.2. The van der Waals surface area contributed by atoms with Crippen molar-refractivity contribution in [2.45, 2.75) is 50.6 Å². The number of alkyl halides is 3. The van der Waals surface area contributed by atoms with Crippen LogP contribution in [0.2, 0.25) is 0 Å². The molecule has 152 valence electrons. The Morgan fingerprint density at radius 2 is 1.71 bits per heavy atom. The molecule has 1 fully saturated rings. The Kier molecular flexibility index (Phi) is 5.88. The Morgan fingerprint density at radius 3 is 2.32 bits per heavy atom. The molecule has 0 unspecified atom stereocenters. The number of hydrogen-bond donors (Lipinski definition) is 1. The number of benzene rings is 2. The van der Waals surface area contributed by atoms with E-state index >= 15 is 0 Å². The van der Waals surface area contributed by atoms with Crippen LogP contribution >= 0.6 is 0 Å². The molecule has 0 heterocycles. The lowest BCUT2D eigenvalue weighted by atomic mass is 10.1. The van der Waals surface area contributed by atoms with Crippen LogP contribution in [0.1, 0.15) is 42.4 Å². The SMILES string of the molecule is Cc1ccc(COc2cc(C(F)(F)F)ccc2NS(=O)(=O)C2CCCC2)cc1. The Bertz CT molecular complexity index is 919. The van der Waals surface area contributed by atoms with Crippen LogP contribution in [0.3, 0.4) is 0 Å². The lowest BCUT2D eigenvalue weighted by molar-refractivity contribution is -0.137. The molecule has 2 aromatic carbocycles. The van der Waals surface area contributed by atoms with Gasteiger partial charge in [0.2, 0.25) is 10.0 Å². The second-order valence-electron chi connectivity index (χ2n) is 7.04. The van der Waals surface area contributed by atoms with Crippen molar-refractivity contribution < 1.29 is 26.3 Å². The molecule has 0 saturated heterocycles. The van der Waals surface area contributed by atoms with Crippen molar-refractivity contribution in [1.82, 2.24) is 0 Å². The highest BCUT2D eigenvalue weighted by molar-refractivity contribution is 7.93. The lowest BCUT2D eigenvalue weighted by Gasteiger charge is -2.18. The first-order chi connectivity index (χ1) is 13.1. The zero-order valence-electron chi connectivity index (χ0n) is 15.4. The molecule has 28 heavy (non-hydrogen) atoms. The molecule has 0 aromatic heterocycles. The molecule has 0 amide bonds. The van der Waals surface area contributed by atoms with Gasteiger partial charge in [-0.2, -0.15) is 13.2 Å². The number of hydrogen-bond acceptors (Lipinski definition) is 3. The average Bonchev–Trinajstić information content (AvgIpc) is 3.17. The Balaban J connectivity index is 1.86. The third kappa shape index (κ3) is 4.98. The number of ether oxygens (including phenoxy) is 1. The summed E-state index contributed by atoms with van der Waals surface area (Å²) in [7, 11) is -3.68. The van der Waals surface area contributed by atoms with Gasteiger partial charge in [-0.15, -0.1) is 0 Å². The third-order valence-electron chi connectivity index (χ3n) is 4.82. The number of nitrogens with one attached hydrogen (secondary N) is 1. The van der Waals surface area contributed by atoms with Gasteiger partial charge < -0.3 is 4.74 Å². The molecular weight excluding hydrogens is 391 g/mol. The van der Waals surface area contributed by atoms with E-state index < -0.39 is 27.0 Å². The summed E-state index contributed by atoms with van der Waals surface area (Å²) in [5.41, 5.74) is 0.947. The maximum atomic E-state index is 13.1. The van der Waals surface area contributed by atoms with Crippen molar-refractivity contribution in [2.24, 2.45) is 0 Å². The summed E-state index contributed by atoms with van der Waals surface area (Å²) in [6.45, 7) is 1.95. The highest BCUT2D eigenvalue weighted by Crippen LogP contribution is 2.37. The van der Waals surface area contributed by atoms with E-state index in [1.165, 1.54) is 0 Å². The number of sulfonamides is 1. The van der Waals surface area contributed by atoms with Crippen molar-refractivity contribution in [3.8, 4) is 5.75 Å². The fourth-order valence-corrected chi connectivity index (χ4v) is 4.78. The van der Waals surface area contributed by atoms with E-state index in [9.17, 15) is 21.6 Å². The van der Waals surface area contributed by atoms with Gasteiger partial charge in [0.1, 0.15) is 12.4 Å². The summed E-state index contributed by atoms with van der Waals surface area (Å²) in [5, 5.41) is -0.528. The van der Waals surface area contributed by atoms with Gasteiger partial charge in [-0.1, -0.05) is 42.7 Å². The van der Waals surface area contributed by atoms with Crippen LogP contribution in [-0.4, -0.2) is 13.7 Å². The molecule has 2 aromatic rings. The third-order valence-corrected chi connectivity index (χ3v) is 6.67. The minimum atomic E-state index is -4.55. The van der Waals surface area contributed by atoms with Gasteiger partial charge in [-0.3, -0.25) is 4.72 Å². The van der Waals surface area contributed by atoms with Crippen LogP contribution in [0.5, 0.6) is 5.75 Å². The molecule has 4 nitrogen and oxygen atoms in total. The molecule has 1 saturated carbocycles. The monoisotopic (exact) mass is 413 g/mol. The van der Waals surface area contributed by atoms with Crippen LogP contribution in [0.4, 0.5) is 18.9 Å². The molecule has 0 radical (unpaired) electrons. The van der Waals surface area contributed by atoms with Crippen molar-refractivity contribution >= 4 is 15.7 Å². The molecule has 0 bridgehead atoms. The molecular formula is C20H22F3NO3S. The molecule has 0 atom stereocenters. The predicted molar refractivity (Wildman–Crippen MR) is 102 cm³/mol. The first-order valence-electron chi connectivity index (χ1n) is 9.06. The molecule has 8 heteroatoms. The highest BCUT2D eigenvalue weighted by Gasteiger charge is 2.33. The van der Waals surface area contributed by atoms with E-state index in [-0.39, 0.29) is 18.0 Å². The summed E-state index contributed by atoms with van der Waals surface area (Å²) < 4.78 is 72.4. The van der Waals surface area contributed by atoms with Gasteiger partial charge in [0.05, 0.1) is 16.5 Å². The number of rotatable bonds is 6. The fraction of sp³-hybridized carbons (Fsp3) is 0.400. The molecule has 0 aliphatic heterocycles. The van der Waals surface area contributed by atoms with Gasteiger partial charge in [0.15, 0.2) is 0 Å². The van der Waals surface area contributed by atoms with Crippen LogP contribution in [0.15, 0.2) is 42.5 Å². The van der Waals surface area contributed by atoms with E-state index in [0.717, 1.165) is 42.2 Å². The standard InChI is InChI=1S/C20H22F3NO3S/c1-14-6-8-15(9-7-14)13-27-19-12-16(20(21,22)23)10-11-18(19)24-28(25,26)17-4-2-3-5-17/h6-12,17,24H,2-5,13H2,1H3. The van der Waals surface area contributed by atoms with Crippen molar-refractivity contribution in [3.63, 3.8) is 0 Å². The zero-order chi connectivity index (χ0) is 20.4. The first kappa shape index (κ1) is 20.5. The van der Waals surface area contributed by atoms with E-state index in [1.807, 2.05) is 31.2 Å². The minimum Gasteiger partial charge on any atom is -0.487 e. The lowest BCUT2D eigenvalue weighted by Crippen LogP contribution is -2.25. The second kappa shape index (κ2) is 8.03. The summed E-state index contributed by atoms with van der Waals surface area (Å²) in [5.74, 6) is -0.142. The molecule has 1 aliphatic carbocycles. The maximum Gasteiger partial charge on any atom is 0.416 e. The van der Waals surface area contributed by atoms with Crippen LogP contribution in [-0.2, 0) is 22.8 Å². The van der Waals surface area contributed by atoms with Crippen LogP contribution in [0, 0.1) is 6.92 Å². The van der Waals surface area contributed by atoms with Gasteiger partial charge >= 0.3 is 6.18 Å². The second-order valence-corrected chi connectivity index (χ2v) is 9.00. The molecule has 1 N–H and O–H groups in total. The molecule has 3 rings (SSSR count). The normalized spacial score (nSPS) is 15.6. The largest absolute Gasteiger partial charge is 0.487 e. The fourth-order valence-electron chi connectivity index (χ4n) is 3.18. The Hall–Kier alpha value is -2.22. The quantitative estimate of drug-likeness (QED) is 0.701. The predicted octanol–water partition coefficient (Wildman–Crippen LogP) is 5.28. The topological polar surface area (TPSA) is 55.4 Å². The van der Waals surface area contributed by atoms with Crippen LogP contribution in [0.25, 0.3) is 0 Å². The van der Waals surface area contributed by atoms with Crippen molar-refractivity contribution in [2.75, 3.05) is 4.72 Å². The number of aryl methyl sites for hydroxylation is 1. The van der Waals surface area contributed by atoms with E-state index in [1.54, 1.807) is 0 Å². The maximum absolute atomic E-state index is 13.1. The summed E-state index contributed by atoms with van der Waals surface area (Å²) >= 11 is 0. The zero-order valence-corrected chi connectivity index (χ0v) is 16.2.